The van der Waals surface area contributed by atoms with Crippen LogP contribution in [0.3, 0.4) is 0 Å². The summed E-state index contributed by atoms with van der Waals surface area (Å²) in [6, 6.07) is 8.23. The fraction of sp³-hybridized carbons (Fsp3) is 0.333. The summed E-state index contributed by atoms with van der Waals surface area (Å²) in [4.78, 5) is 22.7. The number of carbonyl (C=O) groups excluding carboxylic acids is 1. The second-order valence-corrected chi connectivity index (χ2v) is 6.15. The van der Waals surface area contributed by atoms with Gasteiger partial charge in [0.05, 0.1) is 6.42 Å². The maximum atomic E-state index is 12.9. The lowest BCUT2D eigenvalue weighted by Crippen LogP contribution is -2.30. The lowest BCUT2D eigenvalue weighted by Gasteiger charge is -2.16. The summed E-state index contributed by atoms with van der Waals surface area (Å²) >= 11 is 0. The van der Waals surface area contributed by atoms with Gasteiger partial charge in [0, 0.05) is 25.0 Å². The van der Waals surface area contributed by atoms with E-state index < -0.39 is 0 Å². The van der Waals surface area contributed by atoms with Gasteiger partial charge >= 0.3 is 0 Å². The third-order valence-corrected chi connectivity index (χ3v) is 4.05. The third kappa shape index (κ3) is 3.99. The molecule has 0 bridgehead atoms. The van der Waals surface area contributed by atoms with Gasteiger partial charge in [-0.15, -0.1) is 5.10 Å². The number of fused-ring (bicyclic) bond motifs is 1. The lowest BCUT2D eigenvalue weighted by atomic mass is 10.1. The lowest BCUT2D eigenvalue weighted by molar-refractivity contribution is -0.129. The highest BCUT2D eigenvalue weighted by Crippen LogP contribution is 2.08. The fourth-order valence-corrected chi connectivity index (χ4v) is 2.63. The van der Waals surface area contributed by atoms with E-state index in [1.807, 2.05) is 19.9 Å². The molecule has 1 amide bonds. The highest BCUT2D eigenvalue weighted by molar-refractivity contribution is 5.77. The molecule has 0 aliphatic carbocycles. The highest BCUT2D eigenvalue weighted by atomic mass is 19.1. The molecule has 7 heteroatoms. The number of hydrogen-bond acceptors (Lipinski definition) is 4. The Labute approximate surface area is 145 Å². The quantitative estimate of drug-likeness (QED) is 0.713. The third-order valence-electron chi connectivity index (χ3n) is 4.05. The number of likely N-dealkylation sites (N-methyl/N-ethyl adjacent to an activating group) is 1. The number of nitrogens with zero attached hydrogens (tertiary/aromatic N) is 5. The molecule has 0 fully saturated rings. The molecule has 0 unspecified atom stereocenters. The van der Waals surface area contributed by atoms with Crippen LogP contribution < -0.4 is 0 Å². The van der Waals surface area contributed by atoms with Gasteiger partial charge in [-0.05, 0) is 44.0 Å². The molecular weight excluding hydrogens is 321 g/mol. The van der Waals surface area contributed by atoms with Crippen molar-refractivity contribution in [1.82, 2.24) is 24.5 Å². The van der Waals surface area contributed by atoms with Crippen molar-refractivity contribution in [2.75, 3.05) is 13.6 Å². The number of carbonyl (C=O) groups is 1. The standard InChI is InChI=1S/C18H20FN5O/c1-12-10-13(2)24-18(20-12)21-16(22-24)11-17(25)23(3)9-8-14-4-6-15(19)7-5-14/h4-7,10H,8-9,11H2,1-3H3. The Bertz CT molecular complexity index is 904. The van der Waals surface area contributed by atoms with Crippen LogP contribution in [0.2, 0.25) is 0 Å². The van der Waals surface area contributed by atoms with Crippen molar-refractivity contribution in [3.8, 4) is 0 Å². The van der Waals surface area contributed by atoms with Gasteiger partial charge in [0.1, 0.15) is 5.82 Å². The highest BCUT2D eigenvalue weighted by Gasteiger charge is 2.15. The monoisotopic (exact) mass is 341 g/mol. The van der Waals surface area contributed by atoms with Crippen molar-refractivity contribution in [2.24, 2.45) is 0 Å². The van der Waals surface area contributed by atoms with E-state index >= 15 is 0 Å². The molecule has 0 saturated heterocycles. The molecule has 25 heavy (non-hydrogen) atoms. The molecule has 0 radical (unpaired) electrons. The van der Waals surface area contributed by atoms with Crippen LogP contribution in [-0.2, 0) is 17.6 Å². The molecule has 0 aliphatic heterocycles. The first-order chi connectivity index (χ1) is 11.9. The molecule has 2 aromatic heterocycles. The van der Waals surface area contributed by atoms with Crippen LogP contribution in [0.1, 0.15) is 22.8 Å². The first-order valence-electron chi connectivity index (χ1n) is 8.10. The van der Waals surface area contributed by atoms with Crippen LogP contribution in [-0.4, -0.2) is 44.0 Å². The van der Waals surface area contributed by atoms with Crippen LogP contribution >= 0.6 is 0 Å². The van der Waals surface area contributed by atoms with E-state index in [1.54, 1.807) is 28.6 Å². The average molecular weight is 341 g/mol. The Kier molecular flexibility index (Phi) is 4.74. The molecule has 0 atom stereocenters. The molecule has 0 aliphatic rings. The van der Waals surface area contributed by atoms with Gasteiger partial charge < -0.3 is 4.90 Å². The number of halogens is 1. The van der Waals surface area contributed by atoms with E-state index in [0.29, 0.717) is 24.6 Å². The van der Waals surface area contributed by atoms with Gasteiger partial charge in [-0.1, -0.05) is 12.1 Å². The van der Waals surface area contributed by atoms with E-state index in [1.165, 1.54) is 12.1 Å². The van der Waals surface area contributed by atoms with Crippen LogP contribution in [0.15, 0.2) is 30.3 Å². The van der Waals surface area contributed by atoms with Crippen LogP contribution in [0, 0.1) is 19.7 Å². The zero-order valence-corrected chi connectivity index (χ0v) is 14.5. The van der Waals surface area contributed by atoms with Crippen molar-refractivity contribution >= 4 is 11.7 Å². The summed E-state index contributed by atoms with van der Waals surface area (Å²) < 4.78 is 14.6. The summed E-state index contributed by atoms with van der Waals surface area (Å²) in [6.45, 7) is 4.38. The smallest absolute Gasteiger partial charge is 0.252 e. The Morgan fingerprint density at radius 1 is 1.20 bits per heavy atom. The summed E-state index contributed by atoms with van der Waals surface area (Å²) in [5.74, 6) is 0.645. The zero-order chi connectivity index (χ0) is 18.0. The molecule has 0 saturated carbocycles. The minimum Gasteiger partial charge on any atom is -0.345 e. The Morgan fingerprint density at radius 2 is 1.92 bits per heavy atom. The van der Waals surface area contributed by atoms with E-state index in [0.717, 1.165) is 17.0 Å². The van der Waals surface area contributed by atoms with Gasteiger partial charge in [0.25, 0.3) is 5.78 Å². The largest absolute Gasteiger partial charge is 0.345 e. The van der Waals surface area contributed by atoms with Crippen molar-refractivity contribution in [3.05, 3.63) is 58.9 Å². The second-order valence-electron chi connectivity index (χ2n) is 6.15. The molecule has 2 heterocycles. The SMILES string of the molecule is Cc1cc(C)n2nc(CC(=O)N(C)CCc3ccc(F)cc3)nc2n1. The van der Waals surface area contributed by atoms with Crippen molar-refractivity contribution in [1.29, 1.82) is 0 Å². The van der Waals surface area contributed by atoms with Crippen molar-refractivity contribution in [2.45, 2.75) is 26.7 Å². The zero-order valence-electron chi connectivity index (χ0n) is 14.5. The van der Waals surface area contributed by atoms with Gasteiger partial charge in [0.2, 0.25) is 5.91 Å². The summed E-state index contributed by atoms with van der Waals surface area (Å²) in [5, 5.41) is 4.36. The molecule has 3 aromatic rings. The minimum absolute atomic E-state index is 0.0626. The van der Waals surface area contributed by atoms with E-state index in [2.05, 4.69) is 15.1 Å². The van der Waals surface area contributed by atoms with Gasteiger partial charge in [0.15, 0.2) is 5.82 Å². The van der Waals surface area contributed by atoms with Crippen molar-refractivity contribution in [3.63, 3.8) is 0 Å². The number of hydrogen-bond donors (Lipinski definition) is 0. The second kappa shape index (κ2) is 6.96. The average Bonchev–Trinajstić information content (AvgIpc) is 2.96. The van der Waals surface area contributed by atoms with Gasteiger partial charge in [-0.25, -0.2) is 13.9 Å². The summed E-state index contributed by atoms with van der Waals surface area (Å²) in [7, 11) is 1.75. The molecule has 6 nitrogen and oxygen atoms in total. The first-order valence-corrected chi connectivity index (χ1v) is 8.10. The molecule has 130 valence electrons. The van der Waals surface area contributed by atoms with Crippen LogP contribution in [0.4, 0.5) is 4.39 Å². The minimum atomic E-state index is -0.259. The number of aromatic nitrogens is 4. The van der Waals surface area contributed by atoms with Crippen molar-refractivity contribution < 1.29 is 9.18 Å². The predicted molar refractivity (Wildman–Crippen MR) is 91.7 cm³/mol. The Balaban J connectivity index is 1.63. The number of aryl methyl sites for hydroxylation is 2. The summed E-state index contributed by atoms with van der Waals surface area (Å²) in [5.41, 5.74) is 2.78. The topological polar surface area (TPSA) is 63.4 Å². The Hall–Kier alpha value is -2.83. The maximum absolute atomic E-state index is 12.9. The molecule has 1 aromatic carbocycles. The van der Waals surface area contributed by atoms with E-state index in [9.17, 15) is 9.18 Å². The number of rotatable bonds is 5. The van der Waals surface area contributed by atoms with Gasteiger partial charge in [-0.3, -0.25) is 4.79 Å². The fourth-order valence-electron chi connectivity index (χ4n) is 2.63. The number of benzene rings is 1. The predicted octanol–water partition coefficient (Wildman–Crippen LogP) is 2.12. The molecule has 0 spiro atoms. The van der Waals surface area contributed by atoms with Crippen LogP contribution in [0.25, 0.3) is 5.78 Å². The van der Waals surface area contributed by atoms with E-state index in [4.69, 9.17) is 0 Å². The molecule has 3 rings (SSSR count). The summed E-state index contributed by atoms with van der Waals surface area (Å²) in [6.07, 6.45) is 0.794. The molecular formula is C18H20FN5O. The normalized spacial score (nSPS) is 11.0. The molecule has 0 N–H and O–H groups in total. The first kappa shape index (κ1) is 17.0. The van der Waals surface area contributed by atoms with E-state index in [-0.39, 0.29) is 18.1 Å². The van der Waals surface area contributed by atoms with Crippen LogP contribution in [0.5, 0.6) is 0 Å². The Morgan fingerprint density at radius 3 is 2.64 bits per heavy atom. The van der Waals surface area contributed by atoms with Gasteiger partial charge in [-0.2, -0.15) is 4.98 Å². The maximum Gasteiger partial charge on any atom is 0.252 e. The number of amides is 1.